The molecule has 0 aliphatic heterocycles. The zero-order valence-corrected chi connectivity index (χ0v) is 9.07. The largest absolute Gasteiger partial charge is 0.353 e. The summed E-state index contributed by atoms with van der Waals surface area (Å²) >= 11 is 5.81. The molecule has 0 fully saturated rings. The van der Waals surface area contributed by atoms with Gasteiger partial charge in [-0.2, -0.15) is 5.26 Å². The molecule has 1 aromatic heterocycles. The first-order chi connectivity index (χ1) is 7.79. The van der Waals surface area contributed by atoms with Gasteiger partial charge >= 0.3 is 0 Å². The predicted octanol–water partition coefficient (Wildman–Crippen LogP) is 3.35. The average Bonchev–Trinajstić information content (AvgIpc) is 2.33. The SMILES string of the molecule is N#Cc1cc(Cl)ccc1Nc1cccnc1. The fraction of sp³-hybridized carbons (Fsp3) is 0. The Kier molecular flexibility index (Phi) is 3.04. The molecule has 78 valence electrons. The Morgan fingerprint density at radius 2 is 2.19 bits per heavy atom. The lowest BCUT2D eigenvalue weighted by atomic mass is 10.2. The van der Waals surface area contributed by atoms with E-state index in [4.69, 9.17) is 16.9 Å². The molecular weight excluding hydrogens is 222 g/mol. The van der Waals surface area contributed by atoms with Gasteiger partial charge in [-0.3, -0.25) is 4.98 Å². The third-order valence-corrected chi connectivity index (χ3v) is 2.28. The first-order valence-corrected chi connectivity index (χ1v) is 5.04. The van der Waals surface area contributed by atoms with E-state index in [2.05, 4.69) is 16.4 Å². The van der Waals surface area contributed by atoms with Crippen molar-refractivity contribution >= 4 is 23.0 Å². The van der Waals surface area contributed by atoms with Crippen molar-refractivity contribution in [1.29, 1.82) is 5.26 Å². The predicted molar refractivity (Wildman–Crippen MR) is 63.7 cm³/mol. The van der Waals surface area contributed by atoms with Crippen LogP contribution in [0.3, 0.4) is 0 Å². The number of nitriles is 1. The quantitative estimate of drug-likeness (QED) is 0.859. The maximum Gasteiger partial charge on any atom is 0.101 e. The van der Waals surface area contributed by atoms with Crippen LogP contribution in [0.25, 0.3) is 0 Å². The molecule has 0 radical (unpaired) electrons. The first-order valence-electron chi connectivity index (χ1n) is 4.66. The number of aromatic nitrogens is 1. The summed E-state index contributed by atoms with van der Waals surface area (Å²) in [5, 5.41) is 12.6. The summed E-state index contributed by atoms with van der Waals surface area (Å²) in [5.41, 5.74) is 2.07. The molecule has 4 heteroatoms. The molecule has 1 N–H and O–H groups in total. The van der Waals surface area contributed by atoms with E-state index >= 15 is 0 Å². The van der Waals surface area contributed by atoms with Crippen molar-refractivity contribution in [3.63, 3.8) is 0 Å². The molecule has 1 heterocycles. The summed E-state index contributed by atoms with van der Waals surface area (Å²) < 4.78 is 0. The number of anilines is 2. The standard InChI is InChI=1S/C12H8ClN3/c13-10-3-4-12(9(6-10)7-14)16-11-2-1-5-15-8-11/h1-6,8,16H. The van der Waals surface area contributed by atoms with Gasteiger partial charge in [0.15, 0.2) is 0 Å². The van der Waals surface area contributed by atoms with Crippen molar-refractivity contribution in [1.82, 2.24) is 4.98 Å². The summed E-state index contributed by atoms with van der Waals surface area (Å²) in [6, 6.07) is 10.9. The van der Waals surface area contributed by atoms with Gasteiger partial charge in [-0.05, 0) is 30.3 Å². The van der Waals surface area contributed by atoms with Crippen LogP contribution >= 0.6 is 11.6 Å². The molecule has 1 aromatic carbocycles. The molecule has 0 atom stereocenters. The molecule has 0 spiro atoms. The number of nitrogens with one attached hydrogen (secondary N) is 1. The van der Waals surface area contributed by atoms with Crippen LogP contribution in [0.4, 0.5) is 11.4 Å². The van der Waals surface area contributed by atoms with E-state index in [0.717, 1.165) is 11.4 Å². The fourth-order valence-electron chi connectivity index (χ4n) is 1.31. The van der Waals surface area contributed by atoms with E-state index in [9.17, 15) is 0 Å². The van der Waals surface area contributed by atoms with E-state index in [1.807, 2.05) is 12.1 Å². The molecule has 0 aliphatic carbocycles. The number of pyridine rings is 1. The highest BCUT2D eigenvalue weighted by atomic mass is 35.5. The number of rotatable bonds is 2. The van der Waals surface area contributed by atoms with Gasteiger partial charge in [0, 0.05) is 11.2 Å². The van der Waals surface area contributed by atoms with Gasteiger partial charge in [-0.25, -0.2) is 0 Å². The van der Waals surface area contributed by atoms with Crippen LogP contribution in [0.1, 0.15) is 5.56 Å². The molecule has 0 amide bonds. The van der Waals surface area contributed by atoms with Crippen molar-refractivity contribution in [2.75, 3.05) is 5.32 Å². The molecule has 16 heavy (non-hydrogen) atoms. The highest BCUT2D eigenvalue weighted by molar-refractivity contribution is 6.30. The van der Waals surface area contributed by atoms with Crippen molar-refractivity contribution < 1.29 is 0 Å². The van der Waals surface area contributed by atoms with E-state index in [1.54, 1.807) is 30.6 Å². The van der Waals surface area contributed by atoms with Crippen LogP contribution < -0.4 is 5.32 Å². The molecule has 0 bridgehead atoms. The molecule has 0 unspecified atom stereocenters. The molecule has 0 aliphatic rings. The Balaban J connectivity index is 2.32. The average molecular weight is 230 g/mol. The lowest BCUT2D eigenvalue weighted by Crippen LogP contribution is -1.93. The smallest absolute Gasteiger partial charge is 0.101 e. The second-order valence-electron chi connectivity index (χ2n) is 3.17. The van der Waals surface area contributed by atoms with Crippen LogP contribution in [0.15, 0.2) is 42.7 Å². The highest BCUT2D eigenvalue weighted by Gasteiger charge is 2.02. The minimum absolute atomic E-state index is 0.511. The second-order valence-corrected chi connectivity index (χ2v) is 3.60. The van der Waals surface area contributed by atoms with Crippen molar-refractivity contribution in [3.8, 4) is 6.07 Å². The van der Waals surface area contributed by atoms with E-state index in [0.29, 0.717) is 10.6 Å². The molecular formula is C12H8ClN3. The van der Waals surface area contributed by atoms with Crippen LogP contribution in [0.5, 0.6) is 0 Å². The normalized spacial score (nSPS) is 9.50. The third-order valence-electron chi connectivity index (χ3n) is 2.04. The monoisotopic (exact) mass is 229 g/mol. The van der Waals surface area contributed by atoms with E-state index in [-0.39, 0.29) is 0 Å². The van der Waals surface area contributed by atoms with Gasteiger partial charge in [0.1, 0.15) is 6.07 Å². The third kappa shape index (κ3) is 2.30. The van der Waals surface area contributed by atoms with Gasteiger partial charge in [-0.1, -0.05) is 11.6 Å². The minimum Gasteiger partial charge on any atom is -0.353 e. The van der Waals surface area contributed by atoms with Gasteiger partial charge in [0.05, 0.1) is 23.1 Å². The van der Waals surface area contributed by atoms with Gasteiger partial charge in [-0.15, -0.1) is 0 Å². The maximum absolute atomic E-state index is 8.96. The van der Waals surface area contributed by atoms with Crippen molar-refractivity contribution in [2.24, 2.45) is 0 Å². The summed E-state index contributed by atoms with van der Waals surface area (Å²) in [6.07, 6.45) is 3.38. The Hall–Kier alpha value is -2.05. The van der Waals surface area contributed by atoms with Crippen molar-refractivity contribution in [3.05, 3.63) is 53.3 Å². The maximum atomic E-state index is 8.96. The number of benzene rings is 1. The highest BCUT2D eigenvalue weighted by Crippen LogP contribution is 2.22. The van der Waals surface area contributed by atoms with Crippen LogP contribution in [0, 0.1) is 11.3 Å². The minimum atomic E-state index is 0.511. The lowest BCUT2D eigenvalue weighted by molar-refractivity contribution is 1.32. The van der Waals surface area contributed by atoms with E-state index < -0.39 is 0 Å². The molecule has 2 aromatic rings. The Labute approximate surface area is 98.3 Å². The number of nitrogens with zero attached hydrogens (tertiary/aromatic N) is 2. The van der Waals surface area contributed by atoms with E-state index in [1.165, 1.54) is 0 Å². The van der Waals surface area contributed by atoms with Crippen LogP contribution in [-0.2, 0) is 0 Å². The number of hydrogen-bond acceptors (Lipinski definition) is 3. The zero-order valence-electron chi connectivity index (χ0n) is 8.31. The van der Waals surface area contributed by atoms with Crippen LogP contribution in [-0.4, -0.2) is 4.98 Å². The lowest BCUT2D eigenvalue weighted by Gasteiger charge is -2.07. The zero-order chi connectivity index (χ0) is 11.4. The van der Waals surface area contributed by atoms with Gasteiger partial charge in [0.25, 0.3) is 0 Å². The summed E-state index contributed by atoms with van der Waals surface area (Å²) in [4.78, 5) is 3.98. The molecule has 0 saturated heterocycles. The van der Waals surface area contributed by atoms with Crippen molar-refractivity contribution in [2.45, 2.75) is 0 Å². The molecule has 2 rings (SSSR count). The molecule has 3 nitrogen and oxygen atoms in total. The second kappa shape index (κ2) is 4.65. The summed E-state index contributed by atoms with van der Waals surface area (Å²) in [5.74, 6) is 0. The topological polar surface area (TPSA) is 48.7 Å². The Morgan fingerprint density at radius 1 is 1.31 bits per heavy atom. The fourth-order valence-corrected chi connectivity index (χ4v) is 1.48. The van der Waals surface area contributed by atoms with Gasteiger partial charge in [0.2, 0.25) is 0 Å². The Morgan fingerprint density at radius 3 is 2.88 bits per heavy atom. The summed E-state index contributed by atoms with van der Waals surface area (Å²) in [7, 11) is 0. The first kappa shape index (κ1) is 10.5. The Bertz CT molecular complexity index is 532. The summed E-state index contributed by atoms with van der Waals surface area (Å²) in [6.45, 7) is 0. The number of hydrogen-bond donors (Lipinski definition) is 1. The number of halogens is 1. The molecule has 0 saturated carbocycles. The van der Waals surface area contributed by atoms with Crippen LogP contribution in [0.2, 0.25) is 5.02 Å². The van der Waals surface area contributed by atoms with Gasteiger partial charge < -0.3 is 5.32 Å².